The van der Waals surface area contributed by atoms with Crippen LogP contribution in [0.5, 0.6) is 0 Å². The average molecular weight is 299 g/mol. The van der Waals surface area contributed by atoms with Crippen molar-refractivity contribution >= 4 is 24.4 Å². The third kappa shape index (κ3) is 33.8. The Morgan fingerprint density at radius 2 is 0.333 bits per heavy atom. The molecule has 0 unspecified atom stereocenters. The predicted molar refractivity (Wildman–Crippen MR) is 5.75 cm³/mol. The fourth-order valence-electron chi connectivity index (χ4n) is 0. The predicted octanol–water partition coefficient (Wildman–Crippen LogP) is -15.4. The molecule has 3 radical (unpaired) electrons. The Hall–Kier alpha value is 2.27. The van der Waals surface area contributed by atoms with Gasteiger partial charge in [0.2, 0.25) is 0 Å². The summed E-state index contributed by atoms with van der Waals surface area (Å²) in [4.78, 5) is 0. The quantitative estimate of drug-likeness (QED) is 0.390. The molecular formula is Cl5Sb-5. The van der Waals surface area contributed by atoms with Crippen molar-refractivity contribution in [2.24, 2.45) is 0 Å². The van der Waals surface area contributed by atoms with Gasteiger partial charge in [-0.05, 0) is 0 Å². The second-order valence-electron chi connectivity index (χ2n) is 0. The van der Waals surface area contributed by atoms with Gasteiger partial charge in [-0.3, -0.25) is 0 Å². The molecule has 0 rings (SSSR count). The van der Waals surface area contributed by atoms with Crippen LogP contribution in [0.3, 0.4) is 0 Å². The van der Waals surface area contributed by atoms with Crippen LogP contribution < -0.4 is 62.0 Å². The molecule has 0 amide bonds. The van der Waals surface area contributed by atoms with Gasteiger partial charge in [0.15, 0.2) is 0 Å². The summed E-state index contributed by atoms with van der Waals surface area (Å²) in [5, 5.41) is 0. The first-order chi connectivity index (χ1) is 0. The van der Waals surface area contributed by atoms with Gasteiger partial charge in [0.25, 0.3) is 0 Å². The molecule has 0 aromatic heterocycles. The van der Waals surface area contributed by atoms with E-state index in [1.807, 2.05) is 0 Å². The van der Waals surface area contributed by atoms with E-state index in [0.717, 1.165) is 0 Å². The summed E-state index contributed by atoms with van der Waals surface area (Å²) in [7, 11) is 0. The first-order valence-corrected chi connectivity index (χ1v) is 0. The second-order valence-corrected chi connectivity index (χ2v) is 0. The van der Waals surface area contributed by atoms with E-state index < -0.39 is 0 Å². The van der Waals surface area contributed by atoms with Crippen molar-refractivity contribution < 1.29 is 62.0 Å². The standard InChI is InChI=1S/5ClH.Sb/h5*1H;/p-5. The van der Waals surface area contributed by atoms with Crippen molar-refractivity contribution in [3.8, 4) is 0 Å². The van der Waals surface area contributed by atoms with Gasteiger partial charge in [-0.25, -0.2) is 0 Å². The van der Waals surface area contributed by atoms with E-state index in [0.29, 0.717) is 0 Å². The Balaban J connectivity index is 0. The van der Waals surface area contributed by atoms with Gasteiger partial charge in [-0.15, -0.1) is 0 Å². The molecule has 6 heteroatoms. The minimum atomic E-state index is 0. The molecule has 0 fully saturated rings. The van der Waals surface area contributed by atoms with Crippen LogP contribution in [-0.2, 0) is 0 Å². The van der Waals surface area contributed by atoms with Crippen LogP contribution in [0.2, 0.25) is 0 Å². The molecule has 6 heavy (non-hydrogen) atoms. The maximum absolute atomic E-state index is 0. The number of hydrogen-bond acceptors (Lipinski definition) is 0. The van der Waals surface area contributed by atoms with Crippen molar-refractivity contribution in [3.05, 3.63) is 0 Å². The normalized spacial score (nSPS) is 0. The first-order valence-electron chi connectivity index (χ1n) is 0. The van der Waals surface area contributed by atoms with Crippen LogP contribution in [0.4, 0.5) is 0 Å². The Morgan fingerprint density at radius 1 is 0.333 bits per heavy atom. The molecule has 0 bridgehead atoms. The largest absolute Gasteiger partial charge is 1.00 e. The summed E-state index contributed by atoms with van der Waals surface area (Å²) in [6, 6.07) is 0. The monoisotopic (exact) mass is 296 g/mol. The van der Waals surface area contributed by atoms with Crippen molar-refractivity contribution in [1.82, 2.24) is 0 Å². The third-order valence-corrected chi connectivity index (χ3v) is 0. The molecule has 0 heterocycles. The van der Waals surface area contributed by atoms with Crippen molar-refractivity contribution in [2.45, 2.75) is 0 Å². The van der Waals surface area contributed by atoms with E-state index in [1.165, 1.54) is 0 Å². The minimum absolute atomic E-state index is 0. The zero-order valence-electron chi connectivity index (χ0n) is 2.34. The zero-order valence-corrected chi connectivity index (χ0v) is 8.67. The number of halogens is 5. The number of rotatable bonds is 0. The van der Waals surface area contributed by atoms with Gasteiger partial charge in [0.1, 0.15) is 0 Å². The van der Waals surface area contributed by atoms with Crippen molar-refractivity contribution in [1.29, 1.82) is 0 Å². The van der Waals surface area contributed by atoms with Crippen LogP contribution in [-0.4, -0.2) is 24.4 Å². The van der Waals surface area contributed by atoms with Crippen LogP contribution in [0.15, 0.2) is 0 Å². The molecule has 0 nitrogen and oxygen atoms in total. The van der Waals surface area contributed by atoms with Crippen LogP contribution in [0.1, 0.15) is 0 Å². The van der Waals surface area contributed by atoms with Gasteiger partial charge in [-0.1, -0.05) is 0 Å². The van der Waals surface area contributed by atoms with E-state index >= 15 is 0 Å². The van der Waals surface area contributed by atoms with Gasteiger partial charge < -0.3 is 62.0 Å². The molecule has 0 aromatic rings. The Labute approximate surface area is 85.7 Å². The second kappa shape index (κ2) is 55.5. The summed E-state index contributed by atoms with van der Waals surface area (Å²) in [6.07, 6.45) is 0. The maximum Gasteiger partial charge on any atom is 0 e. The summed E-state index contributed by atoms with van der Waals surface area (Å²) >= 11 is 0. The fourth-order valence-corrected chi connectivity index (χ4v) is 0. The van der Waals surface area contributed by atoms with Gasteiger partial charge in [0.05, 0.1) is 0 Å². The fraction of sp³-hybridized carbons (Fsp3) is 0. The summed E-state index contributed by atoms with van der Waals surface area (Å²) in [5.41, 5.74) is 0. The van der Waals surface area contributed by atoms with Gasteiger partial charge >= 0.3 is 0 Å². The number of hydrogen-bond donors (Lipinski definition) is 0. The molecule has 0 saturated heterocycles. The van der Waals surface area contributed by atoms with Crippen LogP contribution >= 0.6 is 0 Å². The molecule has 0 aliphatic carbocycles. The summed E-state index contributed by atoms with van der Waals surface area (Å²) in [5.74, 6) is 0. The molecule has 0 saturated carbocycles. The van der Waals surface area contributed by atoms with E-state index in [2.05, 4.69) is 0 Å². The summed E-state index contributed by atoms with van der Waals surface area (Å²) in [6.45, 7) is 0. The summed E-state index contributed by atoms with van der Waals surface area (Å²) < 4.78 is 0. The molecular weight excluding hydrogens is 299 g/mol. The zero-order chi connectivity index (χ0) is 0. The molecule has 0 N–H and O–H groups in total. The van der Waals surface area contributed by atoms with Crippen molar-refractivity contribution in [2.75, 3.05) is 0 Å². The van der Waals surface area contributed by atoms with E-state index in [1.54, 1.807) is 0 Å². The molecule has 0 aromatic carbocycles. The van der Waals surface area contributed by atoms with Gasteiger partial charge in [-0.2, -0.15) is 0 Å². The van der Waals surface area contributed by atoms with Gasteiger partial charge in [0, 0.05) is 24.4 Å². The van der Waals surface area contributed by atoms with E-state index in [-0.39, 0.29) is 86.5 Å². The molecule has 0 aliphatic rings. The third-order valence-electron chi connectivity index (χ3n) is 0. The van der Waals surface area contributed by atoms with Crippen LogP contribution in [0, 0.1) is 0 Å². The van der Waals surface area contributed by atoms with E-state index in [9.17, 15) is 0 Å². The Bertz CT molecular complexity index is 3.90. The van der Waals surface area contributed by atoms with E-state index in [4.69, 9.17) is 0 Å². The SMILES string of the molecule is [Cl-].[Cl-].[Cl-].[Cl-].[Cl-].[Sb]. The Kier molecular flexibility index (Phi) is 785. The molecule has 0 aliphatic heterocycles. The molecule has 0 atom stereocenters. The minimum Gasteiger partial charge on any atom is -1.00 e. The topological polar surface area (TPSA) is 0 Å². The smallest absolute Gasteiger partial charge is 0 e. The first kappa shape index (κ1) is 84.9. The van der Waals surface area contributed by atoms with Crippen LogP contribution in [0.25, 0.3) is 0 Å². The van der Waals surface area contributed by atoms with Crippen molar-refractivity contribution in [3.63, 3.8) is 0 Å². The molecule has 0 spiro atoms. The average Bonchev–Trinajstić information content (AvgIpc) is 0. The Morgan fingerprint density at radius 3 is 0.333 bits per heavy atom. The molecule has 45 valence electrons. The maximum atomic E-state index is 0.